The predicted molar refractivity (Wildman–Crippen MR) is 45.7 cm³/mol. The minimum Gasteiger partial charge on any atom is -0.396 e. The van der Waals surface area contributed by atoms with Crippen molar-refractivity contribution >= 4 is 0 Å². The lowest BCUT2D eigenvalue weighted by Gasteiger charge is -2.16. The molecule has 0 bridgehead atoms. The first kappa shape index (κ1) is 9.71. The first-order chi connectivity index (χ1) is 5.59. The maximum absolute atomic E-state index is 8.74. The van der Waals surface area contributed by atoms with Gasteiger partial charge in [0.1, 0.15) is 6.10 Å². The Balaban J connectivity index is 2.56. The molecule has 3 heteroatoms. The predicted octanol–water partition coefficient (Wildman–Crippen LogP) is 1.07. The lowest BCUT2D eigenvalue weighted by atomic mass is 10.1. The maximum atomic E-state index is 8.74. The highest BCUT2D eigenvalue weighted by Gasteiger charge is 2.38. The highest BCUT2D eigenvalue weighted by Crippen LogP contribution is 2.29. The fourth-order valence-corrected chi connectivity index (χ4v) is 1.41. The molecule has 0 aliphatic carbocycles. The normalized spacial score (nSPS) is 33.6. The topological polar surface area (TPSA) is 38.7 Å². The fraction of sp³-hybridized carbons (Fsp3) is 0.778. The van der Waals surface area contributed by atoms with Gasteiger partial charge in [0.25, 0.3) is 0 Å². The Hall–Kier alpha value is -0.380. The summed E-state index contributed by atoms with van der Waals surface area (Å²) in [7, 11) is 0. The molecule has 3 nitrogen and oxygen atoms in total. The second kappa shape index (κ2) is 3.56. The molecule has 12 heavy (non-hydrogen) atoms. The molecule has 0 aromatic heterocycles. The second-order valence-electron chi connectivity index (χ2n) is 3.39. The molecule has 1 saturated heterocycles. The third-order valence-electron chi connectivity index (χ3n) is 1.87. The van der Waals surface area contributed by atoms with Crippen LogP contribution in [0.25, 0.3) is 0 Å². The van der Waals surface area contributed by atoms with Crippen LogP contribution in [0.5, 0.6) is 0 Å². The zero-order chi connectivity index (χ0) is 9.19. The Kier molecular flexibility index (Phi) is 2.88. The van der Waals surface area contributed by atoms with Crippen LogP contribution in [0.15, 0.2) is 12.7 Å². The van der Waals surface area contributed by atoms with E-state index in [9.17, 15) is 0 Å². The lowest BCUT2D eigenvalue weighted by Crippen LogP contribution is -2.22. The summed E-state index contributed by atoms with van der Waals surface area (Å²) in [5, 5.41) is 8.74. The van der Waals surface area contributed by atoms with E-state index in [2.05, 4.69) is 6.58 Å². The van der Waals surface area contributed by atoms with Crippen molar-refractivity contribution < 1.29 is 14.6 Å². The van der Waals surface area contributed by atoms with Crippen molar-refractivity contribution in [1.82, 2.24) is 0 Å². The third-order valence-corrected chi connectivity index (χ3v) is 1.87. The van der Waals surface area contributed by atoms with E-state index in [1.54, 1.807) is 6.08 Å². The summed E-state index contributed by atoms with van der Waals surface area (Å²) in [6.07, 6.45) is 2.17. The SMILES string of the molecule is C=C[C@H]1OC(C)(C)O[C@@H]1CCO. The molecule has 1 aliphatic heterocycles. The van der Waals surface area contributed by atoms with Crippen LogP contribution in [0, 0.1) is 0 Å². The molecule has 1 fully saturated rings. The van der Waals surface area contributed by atoms with Gasteiger partial charge < -0.3 is 14.6 Å². The summed E-state index contributed by atoms with van der Waals surface area (Å²) in [5.74, 6) is -0.543. The quantitative estimate of drug-likeness (QED) is 0.647. The van der Waals surface area contributed by atoms with Crippen LogP contribution < -0.4 is 0 Å². The number of rotatable bonds is 3. The van der Waals surface area contributed by atoms with Gasteiger partial charge in [-0.25, -0.2) is 0 Å². The molecular weight excluding hydrogens is 156 g/mol. The Morgan fingerprint density at radius 3 is 2.67 bits per heavy atom. The number of aliphatic hydroxyl groups is 1. The van der Waals surface area contributed by atoms with Crippen LogP contribution in [0.1, 0.15) is 20.3 Å². The van der Waals surface area contributed by atoms with Crippen LogP contribution in [-0.2, 0) is 9.47 Å². The molecule has 0 aromatic rings. The van der Waals surface area contributed by atoms with Gasteiger partial charge in [0, 0.05) is 6.61 Å². The molecule has 0 spiro atoms. The van der Waals surface area contributed by atoms with Gasteiger partial charge in [-0.2, -0.15) is 0 Å². The van der Waals surface area contributed by atoms with Gasteiger partial charge in [-0.15, -0.1) is 6.58 Å². The first-order valence-corrected chi connectivity index (χ1v) is 4.18. The van der Waals surface area contributed by atoms with E-state index in [-0.39, 0.29) is 18.8 Å². The van der Waals surface area contributed by atoms with Crippen molar-refractivity contribution in [3.05, 3.63) is 12.7 Å². The first-order valence-electron chi connectivity index (χ1n) is 4.18. The van der Waals surface area contributed by atoms with E-state index >= 15 is 0 Å². The summed E-state index contributed by atoms with van der Waals surface area (Å²) in [6.45, 7) is 7.50. The largest absolute Gasteiger partial charge is 0.396 e. The molecule has 1 rings (SSSR count). The van der Waals surface area contributed by atoms with E-state index in [0.29, 0.717) is 6.42 Å². The van der Waals surface area contributed by atoms with Crippen molar-refractivity contribution in [2.45, 2.75) is 38.3 Å². The molecule has 2 atom stereocenters. The van der Waals surface area contributed by atoms with Crippen LogP contribution in [0.2, 0.25) is 0 Å². The molecule has 1 aliphatic rings. The highest BCUT2D eigenvalue weighted by molar-refractivity contribution is 4.92. The van der Waals surface area contributed by atoms with Gasteiger partial charge in [0.2, 0.25) is 0 Å². The summed E-state index contributed by atoms with van der Waals surface area (Å²) < 4.78 is 11.1. The minimum atomic E-state index is -0.543. The molecule has 1 heterocycles. The van der Waals surface area contributed by atoms with Crippen LogP contribution in [0.3, 0.4) is 0 Å². The Morgan fingerprint density at radius 1 is 1.50 bits per heavy atom. The highest BCUT2D eigenvalue weighted by atomic mass is 16.7. The number of hydrogen-bond donors (Lipinski definition) is 1. The zero-order valence-electron chi connectivity index (χ0n) is 7.62. The number of hydrogen-bond acceptors (Lipinski definition) is 3. The van der Waals surface area contributed by atoms with Crippen LogP contribution in [-0.4, -0.2) is 29.7 Å². The molecule has 1 N–H and O–H groups in total. The van der Waals surface area contributed by atoms with Crippen molar-refractivity contribution in [1.29, 1.82) is 0 Å². The molecule has 0 amide bonds. The standard InChI is InChI=1S/C9H16O3/c1-4-7-8(5-6-10)12-9(2,3)11-7/h4,7-8,10H,1,5-6H2,2-3H3/t7-,8-/m1/s1. The van der Waals surface area contributed by atoms with Crippen molar-refractivity contribution in [3.63, 3.8) is 0 Å². The van der Waals surface area contributed by atoms with E-state index in [1.165, 1.54) is 0 Å². The fourth-order valence-electron chi connectivity index (χ4n) is 1.41. The van der Waals surface area contributed by atoms with Crippen molar-refractivity contribution in [3.8, 4) is 0 Å². The lowest BCUT2D eigenvalue weighted by molar-refractivity contribution is -0.144. The molecule has 0 aromatic carbocycles. The Morgan fingerprint density at radius 2 is 2.17 bits per heavy atom. The summed E-state index contributed by atoms with van der Waals surface area (Å²) in [6, 6.07) is 0. The summed E-state index contributed by atoms with van der Waals surface area (Å²) in [4.78, 5) is 0. The average molecular weight is 172 g/mol. The van der Waals surface area contributed by atoms with Crippen molar-refractivity contribution in [2.75, 3.05) is 6.61 Å². The van der Waals surface area contributed by atoms with Gasteiger partial charge in [0.15, 0.2) is 5.79 Å². The average Bonchev–Trinajstić information content (AvgIpc) is 2.26. The second-order valence-corrected chi connectivity index (χ2v) is 3.39. The Bertz CT molecular complexity index is 165. The van der Waals surface area contributed by atoms with Crippen LogP contribution >= 0.6 is 0 Å². The number of ether oxygens (including phenoxy) is 2. The van der Waals surface area contributed by atoms with Gasteiger partial charge in [-0.1, -0.05) is 6.08 Å². The summed E-state index contributed by atoms with van der Waals surface area (Å²) >= 11 is 0. The van der Waals surface area contributed by atoms with Gasteiger partial charge >= 0.3 is 0 Å². The minimum absolute atomic E-state index is 0.0532. The van der Waals surface area contributed by atoms with Crippen LogP contribution in [0.4, 0.5) is 0 Å². The van der Waals surface area contributed by atoms with Gasteiger partial charge in [-0.05, 0) is 20.3 Å². The molecule has 0 saturated carbocycles. The van der Waals surface area contributed by atoms with E-state index in [0.717, 1.165) is 0 Å². The van der Waals surface area contributed by atoms with E-state index in [1.807, 2.05) is 13.8 Å². The van der Waals surface area contributed by atoms with E-state index < -0.39 is 5.79 Å². The summed E-state index contributed by atoms with van der Waals surface area (Å²) in [5.41, 5.74) is 0. The maximum Gasteiger partial charge on any atom is 0.164 e. The monoisotopic (exact) mass is 172 g/mol. The third kappa shape index (κ3) is 2.06. The van der Waals surface area contributed by atoms with Gasteiger partial charge in [0.05, 0.1) is 6.10 Å². The smallest absolute Gasteiger partial charge is 0.164 e. The van der Waals surface area contributed by atoms with E-state index in [4.69, 9.17) is 14.6 Å². The molecule has 0 unspecified atom stereocenters. The Labute approximate surface area is 73.0 Å². The van der Waals surface area contributed by atoms with Gasteiger partial charge in [-0.3, -0.25) is 0 Å². The number of aliphatic hydroxyl groups excluding tert-OH is 1. The zero-order valence-corrected chi connectivity index (χ0v) is 7.62. The molecule has 0 radical (unpaired) electrons. The molecule has 70 valence electrons. The van der Waals surface area contributed by atoms with Crippen molar-refractivity contribution in [2.24, 2.45) is 0 Å². The molecular formula is C9H16O3.